The smallest absolute Gasteiger partial charge is 0.0383 e. The molecule has 0 radical (unpaired) electrons. The number of hydrazine groups is 1. The lowest BCUT2D eigenvalue weighted by molar-refractivity contribution is 0.0222. The van der Waals surface area contributed by atoms with Crippen molar-refractivity contribution in [3.8, 4) is 0 Å². The molecular formula is C11H18N2. The first-order valence-electron chi connectivity index (χ1n) is 4.70. The van der Waals surface area contributed by atoms with E-state index in [1.165, 1.54) is 5.56 Å². The second-order valence-corrected chi connectivity index (χ2v) is 3.31. The van der Waals surface area contributed by atoms with Crippen LogP contribution < -0.4 is 0 Å². The maximum atomic E-state index is 2.29. The van der Waals surface area contributed by atoms with Crippen molar-refractivity contribution in [3.63, 3.8) is 0 Å². The monoisotopic (exact) mass is 178 g/mol. The van der Waals surface area contributed by atoms with Crippen molar-refractivity contribution in [2.45, 2.75) is 13.5 Å². The fourth-order valence-corrected chi connectivity index (χ4v) is 1.33. The first-order chi connectivity index (χ1) is 6.24. The predicted octanol–water partition coefficient (Wildman–Crippen LogP) is 1.99. The van der Waals surface area contributed by atoms with Crippen LogP contribution in [0.4, 0.5) is 0 Å². The normalized spacial score (nSPS) is 11.2. The van der Waals surface area contributed by atoms with Gasteiger partial charge in [0, 0.05) is 27.2 Å². The van der Waals surface area contributed by atoms with Gasteiger partial charge in [0.15, 0.2) is 0 Å². The molecule has 2 heteroatoms. The van der Waals surface area contributed by atoms with E-state index in [0.717, 1.165) is 13.1 Å². The second kappa shape index (κ2) is 5.00. The highest BCUT2D eigenvalue weighted by Gasteiger charge is 2.04. The first-order valence-corrected chi connectivity index (χ1v) is 4.70. The molecule has 1 aromatic carbocycles. The molecule has 72 valence electrons. The second-order valence-electron chi connectivity index (χ2n) is 3.31. The summed E-state index contributed by atoms with van der Waals surface area (Å²) in [5.74, 6) is 0. The molecular weight excluding hydrogens is 160 g/mol. The van der Waals surface area contributed by atoms with Crippen LogP contribution in [0.2, 0.25) is 0 Å². The van der Waals surface area contributed by atoms with Gasteiger partial charge in [-0.05, 0) is 5.56 Å². The number of hydrogen-bond acceptors (Lipinski definition) is 2. The van der Waals surface area contributed by atoms with E-state index in [9.17, 15) is 0 Å². The van der Waals surface area contributed by atoms with Crippen molar-refractivity contribution in [2.24, 2.45) is 0 Å². The Morgan fingerprint density at radius 1 is 1.08 bits per heavy atom. The molecule has 0 aromatic heterocycles. The lowest BCUT2D eigenvalue weighted by Crippen LogP contribution is -2.35. The number of benzene rings is 1. The molecule has 0 saturated heterocycles. The topological polar surface area (TPSA) is 6.48 Å². The summed E-state index contributed by atoms with van der Waals surface area (Å²) in [5, 5.41) is 4.42. The summed E-state index contributed by atoms with van der Waals surface area (Å²) in [4.78, 5) is 0. The fraction of sp³-hybridized carbons (Fsp3) is 0.455. The van der Waals surface area contributed by atoms with Crippen LogP contribution in [0.1, 0.15) is 12.5 Å². The summed E-state index contributed by atoms with van der Waals surface area (Å²) < 4.78 is 0. The minimum atomic E-state index is 0.990. The first kappa shape index (κ1) is 10.2. The molecule has 0 heterocycles. The average Bonchev–Trinajstić information content (AvgIpc) is 2.15. The van der Waals surface area contributed by atoms with E-state index in [0.29, 0.717) is 0 Å². The Kier molecular flexibility index (Phi) is 3.93. The van der Waals surface area contributed by atoms with E-state index in [-0.39, 0.29) is 0 Å². The van der Waals surface area contributed by atoms with Gasteiger partial charge in [0.05, 0.1) is 0 Å². The molecule has 2 nitrogen and oxygen atoms in total. The lowest BCUT2D eigenvalue weighted by atomic mass is 10.2. The van der Waals surface area contributed by atoms with Gasteiger partial charge in [0.25, 0.3) is 0 Å². The minimum absolute atomic E-state index is 0.990. The molecule has 0 amide bonds. The molecule has 1 rings (SSSR count). The maximum Gasteiger partial charge on any atom is 0.0383 e. The summed E-state index contributed by atoms with van der Waals surface area (Å²) in [7, 11) is 4.15. The summed E-state index contributed by atoms with van der Waals surface area (Å²) in [6.07, 6.45) is 0. The molecule has 0 aliphatic carbocycles. The Labute approximate surface area is 80.7 Å². The van der Waals surface area contributed by atoms with Crippen LogP contribution in [0.5, 0.6) is 0 Å². The molecule has 0 saturated carbocycles. The quantitative estimate of drug-likeness (QED) is 0.650. The molecule has 0 aliphatic rings. The predicted molar refractivity (Wildman–Crippen MR) is 56.2 cm³/mol. The lowest BCUT2D eigenvalue weighted by Gasteiger charge is -2.27. The van der Waals surface area contributed by atoms with Gasteiger partial charge in [0.1, 0.15) is 0 Å². The number of nitrogens with zero attached hydrogens (tertiary/aromatic N) is 2. The van der Waals surface area contributed by atoms with Crippen LogP contribution in [-0.4, -0.2) is 30.7 Å². The van der Waals surface area contributed by atoms with Gasteiger partial charge in [-0.2, -0.15) is 0 Å². The highest BCUT2D eigenvalue weighted by atomic mass is 15.6. The zero-order valence-electron chi connectivity index (χ0n) is 8.70. The van der Waals surface area contributed by atoms with Crippen LogP contribution >= 0.6 is 0 Å². The van der Waals surface area contributed by atoms with E-state index >= 15 is 0 Å². The van der Waals surface area contributed by atoms with Crippen LogP contribution in [0.15, 0.2) is 30.3 Å². The van der Waals surface area contributed by atoms with Gasteiger partial charge in [-0.15, -0.1) is 0 Å². The average molecular weight is 178 g/mol. The molecule has 0 bridgehead atoms. The third-order valence-corrected chi connectivity index (χ3v) is 2.14. The van der Waals surface area contributed by atoms with Crippen molar-refractivity contribution >= 4 is 0 Å². The minimum Gasteiger partial charge on any atom is -0.248 e. The van der Waals surface area contributed by atoms with Crippen LogP contribution in [0.25, 0.3) is 0 Å². The molecule has 0 aliphatic heterocycles. The Balaban J connectivity index is 2.57. The van der Waals surface area contributed by atoms with Crippen LogP contribution in [0.3, 0.4) is 0 Å². The Hall–Kier alpha value is -0.860. The SMILES string of the molecule is CCN(Cc1ccccc1)N(C)C. The molecule has 0 fully saturated rings. The Morgan fingerprint density at radius 2 is 1.69 bits per heavy atom. The van der Waals surface area contributed by atoms with Crippen molar-refractivity contribution in [1.82, 2.24) is 10.0 Å². The van der Waals surface area contributed by atoms with Gasteiger partial charge in [-0.25, -0.2) is 10.0 Å². The van der Waals surface area contributed by atoms with Crippen molar-refractivity contribution < 1.29 is 0 Å². The highest BCUT2D eigenvalue weighted by Crippen LogP contribution is 2.04. The van der Waals surface area contributed by atoms with Gasteiger partial charge >= 0.3 is 0 Å². The molecule has 0 unspecified atom stereocenters. The van der Waals surface area contributed by atoms with Gasteiger partial charge in [-0.3, -0.25) is 0 Å². The van der Waals surface area contributed by atoms with E-state index < -0.39 is 0 Å². The molecule has 13 heavy (non-hydrogen) atoms. The van der Waals surface area contributed by atoms with Crippen LogP contribution in [-0.2, 0) is 6.54 Å². The summed E-state index contributed by atoms with van der Waals surface area (Å²) in [6, 6.07) is 10.5. The largest absolute Gasteiger partial charge is 0.248 e. The number of hydrogen-bond donors (Lipinski definition) is 0. The standard InChI is InChI=1S/C11H18N2/c1-4-13(12(2)3)10-11-8-6-5-7-9-11/h5-9H,4,10H2,1-3H3. The van der Waals surface area contributed by atoms with E-state index in [1.54, 1.807) is 0 Å². The van der Waals surface area contributed by atoms with Crippen LogP contribution in [0, 0.1) is 0 Å². The third kappa shape index (κ3) is 3.17. The van der Waals surface area contributed by atoms with E-state index in [1.807, 2.05) is 0 Å². The zero-order chi connectivity index (χ0) is 9.68. The van der Waals surface area contributed by atoms with E-state index in [2.05, 4.69) is 61.4 Å². The fourth-order valence-electron chi connectivity index (χ4n) is 1.33. The summed E-state index contributed by atoms with van der Waals surface area (Å²) in [5.41, 5.74) is 1.36. The summed E-state index contributed by atoms with van der Waals surface area (Å²) in [6.45, 7) is 4.20. The number of rotatable bonds is 4. The maximum absolute atomic E-state index is 2.29. The van der Waals surface area contributed by atoms with E-state index in [4.69, 9.17) is 0 Å². The molecule has 1 aromatic rings. The van der Waals surface area contributed by atoms with Crippen molar-refractivity contribution in [3.05, 3.63) is 35.9 Å². The molecule has 0 spiro atoms. The van der Waals surface area contributed by atoms with Gasteiger partial charge in [0.2, 0.25) is 0 Å². The highest BCUT2D eigenvalue weighted by molar-refractivity contribution is 5.14. The summed E-state index contributed by atoms with van der Waals surface area (Å²) >= 11 is 0. The van der Waals surface area contributed by atoms with Gasteiger partial charge < -0.3 is 0 Å². The third-order valence-electron chi connectivity index (χ3n) is 2.14. The molecule has 0 N–H and O–H groups in total. The zero-order valence-corrected chi connectivity index (χ0v) is 8.70. The van der Waals surface area contributed by atoms with Gasteiger partial charge in [-0.1, -0.05) is 37.3 Å². The van der Waals surface area contributed by atoms with Crippen molar-refractivity contribution in [1.29, 1.82) is 0 Å². The Bertz CT molecular complexity index is 231. The Morgan fingerprint density at radius 3 is 2.15 bits per heavy atom. The molecule has 0 atom stereocenters. The van der Waals surface area contributed by atoms with Crippen molar-refractivity contribution in [2.75, 3.05) is 20.6 Å².